The summed E-state index contributed by atoms with van der Waals surface area (Å²) in [6.45, 7) is 5.70. The first kappa shape index (κ1) is 13.9. The number of nitrogens with two attached hydrogens (primary N) is 2. The number of anilines is 2. The van der Waals surface area contributed by atoms with Gasteiger partial charge in [-0.15, -0.1) is 11.3 Å². The largest absolute Gasteiger partial charge is 0.397 e. The quantitative estimate of drug-likeness (QED) is 0.824. The first-order valence-corrected chi connectivity index (χ1v) is 7.27. The minimum Gasteiger partial charge on any atom is -0.397 e. The molecule has 1 unspecified atom stereocenters. The van der Waals surface area contributed by atoms with Crippen LogP contribution >= 0.6 is 11.3 Å². The predicted molar refractivity (Wildman–Crippen MR) is 77.9 cm³/mol. The number of Topliss-reactive ketones (excluding diaryl/α,β-unsaturated/α-hetero) is 1. The number of carbonyl (C=O) groups excluding carboxylic acids is 2. The van der Waals surface area contributed by atoms with E-state index in [1.807, 2.05) is 0 Å². The molecule has 1 aromatic rings. The number of hydrogen-bond donors (Lipinski definition) is 2. The molecule has 1 atom stereocenters. The van der Waals surface area contributed by atoms with Crippen LogP contribution in [0.5, 0.6) is 0 Å². The summed E-state index contributed by atoms with van der Waals surface area (Å²) in [6, 6.07) is 0. The van der Waals surface area contributed by atoms with E-state index in [0.29, 0.717) is 22.8 Å². The van der Waals surface area contributed by atoms with Crippen molar-refractivity contribution in [2.24, 2.45) is 11.7 Å². The fraction of sp³-hybridized carbons (Fsp3) is 0.538. The van der Waals surface area contributed by atoms with E-state index in [-0.39, 0.29) is 11.5 Å². The Morgan fingerprint density at radius 3 is 2.63 bits per heavy atom. The van der Waals surface area contributed by atoms with Gasteiger partial charge >= 0.3 is 0 Å². The van der Waals surface area contributed by atoms with Crippen molar-refractivity contribution in [1.82, 2.24) is 0 Å². The van der Waals surface area contributed by atoms with Gasteiger partial charge in [0.05, 0.1) is 16.1 Å². The van der Waals surface area contributed by atoms with E-state index in [0.717, 1.165) is 24.5 Å². The second-order valence-corrected chi connectivity index (χ2v) is 6.00. The highest BCUT2D eigenvalue weighted by molar-refractivity contribution is 7.19. The third kappa shape index (κ3) is 2.45. The third-order valence-corrected chi connectivity index (χ3v) is 4.77. The van der Waals surface area contributed by atoms with Gasteiger partial charge in [-0.2, -0.15) is 0 Å². The fourth-order valence-electron chi connectivity index (χ4n) is 2.38. The number of hydrogen-bond acceptors (Lipinski definition) is 5. The second-order valence-electron chi connectivity index (χ2n) is 5.01. The first-order chi connectivity index (χ1) is 8.95. The number of rotatable bonds is 4. The van der Waals surface area contributed by atoms with Gasteiger partial charge in [0, 0.05) is 19.5 Å². The van der Waals surface area contributed by atoms with Crippen LogP contribution in [0.3, 0.4) is 0 Å². The molecule has 4 N–H and O–H groups in total. The van der Waals surface area contributed by atoms with Crippen LogP contribution in [0.4, 0.5) is 10.7 Å². The second kappa shape index (κ2) is 5.21. The monoisotopic (exact) mass is 281 g/mol. The zero-order valence-corrected chi connectivity index (χ0v) is 12.0. The lowest BCUT2D eigenvalue weighted by Gasteiger charge is -2.17. The highest BCUT2D eigenvalue weighted by Gasteiger charge is 2.29. The molecule has 1 aliphatic rings. The minimum absolute atomic E-state index is 0.0384. The molecule has 1 aliphatic heterocycles. The van der Waals surface area contributed by atoms with Crippen molar-refractivity contribution in [3.8, 4) is 0 Å². The molecular formula is C13H19N3O2S. The lowest BCUT2D eigenvalue weighted by atomic mass is 10.1. The van der Waals surface area contributed by atoms with Crippen molar-refractivity contribution in [2.45, 2.75) is 26.7 Å². The van der Waals surface area contributed by atoms with E-state index >= 15 is 0 Å². The van der Waals surface area contributed by atoms with Crippen molar-refractivity contribution >= 4 is 33.7 Å². The molecule has 1 amide bonds. The van der Waals surface area contributed by atoms with Crippen LogP contribution in [0, 0.1) is 5.92 Å². The summed E-state index contributed by atoms with van der Waals surface area (Å²) in [6.07, 6.45) is 1.45. The van der Waals surface area contributed by atoms with Gasteiger partial charge in [0.2, 0.25) is 0 Å². The molecule has 2 heterocycles. The maximum Gasteiger partial charge on any atom is 0.253 e. The molecule has 0 spiro atoms. The first-order valence-electron chi connectivity index (χ1n) is 6.45. The molecule has 0 aliphatic carbocycles. The van der Waals surface area contributed by atoms with Crippen molar-refractivity contribution in [1.29, 1.82) is 0 Å². The number of amides is 1. The lowest BCUT2D eigenvalue weighted by molar-refractivity contribution is 0.0991. The van der Waals surface area contributed by atoms with Gasteiger partial charge < -0.3 is 16.4 Å². The number of ketones is 1. The third-order valence-electron chi connectivity index (χ3n) is 3.46. The van der Waals surface area contributed by atoms with Gasteiger partial charge in [-0.05, 0) is 12.3 Å². The Balaban J connectivity index is 2.47. The van der Waals surface area contributed by atoms with Crippen molar-refractivity contribution in [3.63, 3.8) is 0 Å². The van der Waals surface area contributed by atoms with E-state index < -0.39 is 5.91 Å². The molecule has 1 aromatic heterocycles. The summed E-state index contributed by atoms with van der Waals surface area (Å²) in [7, 11) is 0. The molecule has 6 heteroatoms. The zero-order chi connectivity index (χ0) is 14.2. The van der Waals surface area contributed by atoms with Crippen LogP contribution in [0.1, 0.15) is 46.7 Å². The van der Waals surface area contributed by atoms with Crippen molar-refractivity contribution < 1.29 is 9.59 Å². The molecule has 1 fully saturated rings. The number of carbonyl (C=O) groups is 2. The standard InChI is InChI=1S/C13H19N3O2S/c1-3-8(17)11-10(14)9(12(15)18)13(19-11)16-5-4-7(2)6-16/h7H,3-6,14H2,1-2H3,(H2,15,18). The summed E-state index contributed by atoms with van der Waals surface area (Å²) in [4.78, 5) is 26.1. The normalized spacial score (nSPS) is 18.8. The minimum atomic E-state index is -0.557. The number of thiophene rings is 1. The SMILES string of the molecule is CCC(=O)c1sc(N2CCC(C)C2)c(C(N)=O)c1N. The van der Waals surface area contributed by atoms with Gasteiger partial charge in [-0.25, -0.2) is 0 Å². The highest BCUT2D eigenvalue weighted by atomic mass is 32.1. The van der Waals surface area contributed by atoms with Gasteiger partial charge in [0.25, 0.3) is 5.91 Å². The van der Waals surface area contributed by atoms with Gasteiger partial charge in [-0.3, -0.25) is 9.59 Å². The van der Waals surface area contributed by atoms with E-state index in [1.54, 1.807) is 6.92 Å². The van der Waals surface area contributed by atoms with Crippen LogP contribution in [0.15, 0.2) is 0 Å². The number of nitrogen functional groups attached to an aromatic ring is 1. The molecule has 19 heavy (non-hydrogen) atoms. The molecule has 0 bridgehead atoms. The average molecular weight is 281 g/mol. The van der Waals surface area contributed by atoms with Crippen LogP contribution < -0.4 is 16.4 Å². The molecule has 0 aromatic carbocycles. The van der Waals surface area contributed by atoms with Crippen molar-refractivity contribution in [3.05, 3.63) is 10.4 Å². The molecule has 0 radical (unpaired) electrons. The molecule has 5 nitrogen and oxygen atoms in total. The van der Waals surface area contributed by atoms with Gasteiger partial charge in [-0.1, -0.05) is 13.8 Å². The highest BCUT2D eigenvalue weighted by Crippen LogP contribution is 2.40. The Bertz CT molecular complexity index is 524. The van der Waals surface area contributed by atoms with Crippen LogP contribution in [0.25, 0.3) is 0 Å². The Labute approximate surface area is 116 Å². The maximum absolute atomic E-state index is 11.9. The fourth-order valence-corrected chi connectivity index (χ4v) is 3.65. The Morgan fingerprint density at radius 1 is 1.47 bits per heavy atom. The molecule has 0 saturated carbocycles. The molecule has 2 rings (SSSR count). The predicted octanol–water partition coefficient (Wildman–Crippen LogP) is 1.87. The van der Waals surface area contributed by atoms with Crippen LogP contribution in [-0.4, -0.2) is 24.8 Å². The topological polar surface area (TPSA) is 89.4 Å². The molecular weight excluding hydrogens is 262 g/mol. The lowest BCUT2D eigenvalue weighted by Crippen LogP contribution is -2.22. The van der Waals surface area contributed by atoms with E-state index in [9.17, 15) is 9.59 Å². The maximum atomic E-state index is 11.9. The van der Waals surface area contributed by atoms with E-state index in [4.69, 9.17) is 11.5 Å². The van der Waals surface area contributed by atoms with Crippen LogP contribution in [0.2, 0.25) is 0 Å². The zero-order valence-electron chi connectivity index (χ0n) is 11.2. The average Bonchev–Trinajstić information content (AvgIpc) is 2.92. The number of primary amides is 1. The summed E-state index contributed by atoms with van der Waals surface area (Å²) < 4.78 is 0. The Hall–Kier alpha value is -1.56. The van der Waals surface area contributed by atoms with E-state index in [1.165, 1.54) is 11.3 Å². The van der Waals surface area contributed by atoms with Crippen molar-refractivity contribution in [2.75, 3.05) is 23.7 Å². The number of nitrogens with zero attached hydrogens (tertiary/aromatic N) is 1. The smallest absolute Gasteiger partial charge is 0.253 e. The molecule has 1 saturated heterocycles. The summed E-state index contributed by atoms with van der Waals surface area (Å²) in [5, 5.41) is 0.756. The Morgan fingerprint density at radius 2 is 2.16 bits per heavy atom. The summed E-state index contributed by atoms with van der Waals surface area (Å²) in [5.41, 5.74) is 11.9. The molecule has 104 valence electrons. The van der Waals surface area contributed by atoms with Gasteiger partial charge in [0.15, 0.2) is 5.78 Å². The summed E-state index contributed by atoms with van der Waals surface area (Å²) in [5.74, 6) is -0.0173. The summed E-state index contributed by atoms with van der Waals surface area (Å²) >= 11 is 1.30. The van der Waals surface area contributed by atoms with Crippen LogP contribution in [-0.2, 0) is 0 Å². The van der Waals surface area contributed by atoms with E-state index in [2.05, 4.69) is 11.8 Å². The van der Waals surface area contributed by atoms with Gasteiger partial charge in [0.1, 0.15) is 5.00 Å². The Kier molecular flexibility index (Phi) is 3.80.